The summed E-state index contributed by atoms with van der Waals surface area (Å²) in [5.41, 5.74) is 2.76. The molecule has 5 rings (SSSR count). The number of likely N-dealkylation sites (tertiary alicyclic amines) is 1. The Morgan fingerprint density at radius 2 is 1.97 bits per heavy atom. The van der Waals surface area contributed by atoms with Crippen molar-refractivity contribution >= 4 is 22.5 Å². The van der Waals surface area contributed by atoms with Crippen molar-refractivity contribution in [3.63, 3.8) is 0 Å². The van der Waals surface area contributed by atoms with E-state index in [4.69, 9.17) is 0 Å². The molecule has 2 aliphatic heterocycles. The Kier molecular flexibility index (Phi) is 6.06. The van der Waals surface area contributed by atoms with Gasteiger partial charge in [-0.05, 0) is 56.7 Å². The molecule has 0 saturated carbocycles. The SMILES string of the molecule is CC(C)n1cc(CCCC(=O)N2CC3C[C@@H](C2)Cn2c3ccc([NH+]([O-])O)c2=O)c2ccccc21. The summed E-state index contributed by atoms with van der Waals surface area (Å²) in [5.74, 6) is 0.428. The topological polar surface area (TPSA) is 95.0 Å². The van der Waals surface area contributed by atoms with Crippen LogP contribution in [-0.2, 0) is 17.8 Å². The van der Waals surface area contributed by atoms with Crippen LogP contribution in [0.5, 0.6) is 0 Å². The molecule has 1 aromatic carbocycles. The summed E-state index contributed by atoms with van der Waals surface area (Å²) in [5, 5.41) is 20.7. The minimum absolute atomic E-state index is 0.0796. The first kappa shape index (κ1) is 22.8. The highest BCUT2D eigenvalue weighted by atomic mass is 16.8. The van der Waals surface area contributed by atoms with Crippen molar-refractivity contribution in [2.75, 3.05) is 13.1 Å². The first-order valence-electron chi connectivity index (χ1n) is 12.2. The average molecular weight is 465 g/mol. The highest BCUT2D eigenvalue weighted by molar-refractivity contribution is 5.84. The van der Waals surface area contributed by atoms with E-state index in [-0.39, 0.29) is 23.4 Å². The first-order valence-corrected chi connectivity index (χ1v) is 12.2. The standard InChI is InChI=1S/C26H32N4O4/c1-17(2)28-16-19(21-7-3-4-8-23(21)28)6-5-9-25(31)27-13-18-12-20(15-27)22-10-11-24(30(33)34)26(32)29(22)14-18/h3-4,7-8,10-11,16-18,20,30,33H,5-6,9,12-15H2,1-2H3/t18-,20?/m0/s1. The van der Waals surface area contributed by atoms with Crippen molar-refractivity contribution in [3.8, 4) is 0 Å². The van der Waals surface area contributed by atoms with Gasteiger partial charge in [-0.3, -0.25) is 9.59 Å². The van der Waals surface area contributed by atoms with E-state index in [2.05, 4.69) is 48.9 Å². The molecule has 0 radical (unpaired) electrons. The molecular formula is C26H32N4O4. The molecule has 2 aromatic heterocycles. The molecule has 4 heterocycles. The van der Waals surface area contributed by atoms with Gasteiger partial charge in [0, 0.05) is 66.9 Å². The number of benzene rings is 1. The van der Waals surface area contributed by atoms with Gasteiger partial charge in [-0.25, -0.2) is 5.21 Å². The van der Waals surface area contributed by atoms with Crippen molar-refractivity contribution in [2.45, 2.75) is 58.0 Å². The molecule has 180 valence electrons. The van der Waals surface area contributed by atoms with Gasteiger partial charge in [-0.2, -0.15) is 5.23 Å². The number of amides is 1. The molecule has 1 fully saturated rings. The molecule has 2 bridgehead atoms. The van der Waals surface area contributed by atoms with Gasteiger partial charge in [0.15, 0.2) is 0 Å². The summed E-state index contributed by atoms with van der Waals surface area (Å²) in [4.78, 5) is 27.7. The van der Waals surface area contributed by atoms with Crippen molar-refractivity contribution in [2.24, 2.45) is 5.92 Å². The molecule has 3 aromatic rings. The Hall–Kier alpha value is -2.94. The van der Waals surface area contributed by atoms with Crippen LogP contribution in [0.3, 0.4) is 0 Å². The molecule has 0 spiro atoms. The lowest BCUT2D eigenvalue weighted by molar-refractivity contribution is -0.992. The first-order chi connectivity index (χ1) is 16.3. The van der Waals surface area contributed by atoms with Gasteiger partial charge in [-0.1, -0.05) is 18.2 Å². The van der Waals surface area contributed by atoms with Crippen LogP contribution in [0.15, 0.2) is 47.4 Å². The van der Waals surface area contributed by atoms with E-state index < -0.39 is 10.8 Å². The number of pyridine rings is 1. The fraction of sp³-hybridized carbons (Fsp3) is 0.462. The third-order valence-electron chi connectivity index (χ3n) is 7.40. The van der Waals surface area contributed by atoms with Crippen LogP contribution < -0.4 is 10.8 Å². The molecule has 2 N–H and O–H groups in total. The number of hydrogen-bond acceptors (Lipinski definition) is 4. The molecule has 1 saturated heterocycles. The number of piperidine rings is 1. The summed E-state index contributed by atoms with van der Waals surface area (Å²) in [6, 6.07) is 12.0. The number of nitrogens with zero attached hydrogens (tertiary/aromatic N) is 3. The Balaban J connectivity index is 1.25. The quantitative estimate of drug-likeness (QED) is 0.549. The number of aromatic nitrogens is 2. The molecule has 2 unspecified atom stereocenters. The van der Waals surface area contributed by atoms with Crippen LogP contribution >= 0.6 is 0 Å². The van der Waals surface area contributed by atoms with E-state index in [9.17, 15) is 20.0 Å². The summed E-state index contributed by atoms with van der Waals surface area (Å²) in [6.45, 7) is 6.06. The van der Waals surface area contributed by atoms with E-state index in [0.29, 0.717) is 32.1 Å². The maximum Gasteiger partial charge on any atom is 0.315 e. The fourth-order valence-corrected chi connectivity index (χ4v) is 5.80. The number of carbonyl (C=O) groups is 1. The monoisotopic (exact) mass is 464 g/mol. The molecule has 2 aliphatic rings. The Labute approximate surface area is 198 Å². The smallest absolute Gasteiger partial charge is 0.315 e. The van der Waals surface area contributed by atoms with Crippen molar-refractivity contribution in [1.82, 2.24) is 14.0 Å². The number of para-hydroxylation sites is 1. The van der Waals surface area contributed by atoms with E-state index in [1.807, 2.05) is 4.90 Å². The maximum atomic E-state index is 13.1. The van der Waals surface area contributed by atoms with Crippen LogP contribution in [0, 0.1) is 11.1 Å². The highest BCUT2D eigenvalue weighted by Crippen LogP contribution is 2.35. The lowest BCUT2D eigenvalue weighted by Gasteiger charge is -2.43. The third-order valence-corrected chi connectivity index (χ3v) is 7.40. The van der Waals surface area contributed by atoms with Gasteiger partial charge < -0.3 is 19.2 Å². The van der Waals surface area contributed by atoms with E-state index in [1.165, 1.54) is 22.5 Å². The average Bonchev–Trinajstić information content (AvgIpc) is 3.18. The number of fused-ring (bicyclic) bond motifs is 5. The maximum absolute atomic E-state index is 13.1. The van der Waals surface area contributed by atoms with Crippen molar-refractivity contribution in [1.29, 1.82) is 0 Å². The zero-order chi connectivity index (χ0) is 24.0. The lowest BCUT2D eigenvalue weighted by Crippen LogP contribution is -3.00. The van der Waals surface area contributed by atoms with Crippen LogP contribution in [0.2, 0.25) is 0 Å². The molecule has 1 amide bonds. The highest BCUT2D eigenvalue weighted by Gasteiger charge is 2.37. The Morgan fingerprint density at radius 1 is 1.18 bits per heavy atom. The van der Waals surface area contributed by atoms with Gasteiger partial charge in [0.25, 0.3) is 0 Å². The van der Waals surface area contributed by atoms with Crippen molar-refractivity contribution < 1.29 is 15.2 Å². The second kappa shape index (κ2) is 9.02. The fourth-order valence-electron chi connectivity index (χ4n) is 5.80. The number of carbonyl (C=O) groups excluding carboxylic acids is 1. The van der Waals surface area contributed by atoms with Gasteiger partial charge in [-0.15, -0.1) is 0 Å². The second-order valence-corrected chi connectivity index (χ2v) is 10.0. The van der Waals surface area contributed by atoms with Crippen LogP contribution in [-0.4, -0.2) is 38.2 Å². The normalized spacial score (nSPS) is 20.6. The summed E-state index contributed by atoms with van der Waals surface area (Å²) < 4.78 is 3.92. The van der Waals surface area contributed by atoms with Gasteiger partial charge in [0.2, 0.25) is 11.6 Å². The largest absolute Gasteiger partial charge is 0.595 e. The van der Waals surface area contributed by atoms with Gasteiger partial charge in [0.1, 0.15) is 0 Å². The number of hydrogen-bond donors (Lipinski definition) is 2. The minimum Gasteiger partial charge on any atom is -0.595 e. The zero-order valence-corrected chi connectivity index (χ0v) is 19.7. The van der Waals surface area contributed by atoms with Crippen LogP contribution in [0.25, 0.3) is 10.9 Å². The van der Waals surface area contributed by atoms with Crippen molar-refractivity contribution in [3.05, 3.63) is 69.4 Å². The Bertz CT molecular complexity index is 1280. The number of quaternary nitrogens is 1. The van der Waals surface area contributed by atoms with Gasteiger partial charge in [0.05, 0.1) is 0 Å². The summed E-state index contributed by atoms with van der Waals surface area (Å²) >= 11 is 0. The predicted octanol–water partition coefficient (Wildman–Crippen LogP) is 2.76. The third kappa shape index (κ3) is 4.06. The summed E-state index contributed by atoms with van der Waals surface area (Å²) in [7, 11) is 0. The van der Waals surface area contributed by atoms with Crippen LogP contribution in [0.1, 0.15) is 56.3 Å². The lowest BCUT2D eigenvalue weighted by atomic mass is 9.83. The van der Waals surface area contributed by atoms with Crippen LogP contribution in [0.4, 0.5) is 5.69 Å². The zero-order valence-electron chi connectivity index (χ0n) is 19.7. The molecule has 8 nitrogen and oxygen atoms in total. The molecule has 0 aliphatic carbocycles. The number of rotatable bonds is 6. The van der Waals surface area contributed by atoms with E-state index >= 15 is 0 Å². The van der Waals surface area contributed by atoms with E-state index in [0.717, 1.165) is 25.0 Å². The molecular weight excluding hydrogens is 432 g/mol. The van der Waals surface area contributed by atoms with Gasteiger partial charge >= 0.3 is 5.56 Å². The number of aryl methyl sites for hydroxylation is 1. The minimum atomic E-state index is -1.19. The molecule has 34 heavy (non-hydrogen) atoms. The molecule has 3 atom stereocenters. The van der Waals surface area contributed by atoms with E-state index in [1.54, 1.807) is 10.6 Å². The molecule has 8 heteroatoms. The number of nitrogens with one attached hydrogen (secondary N) is 1. The Morgan fingerprint density at radius 3 is 2.74 bits per heavy atom. The second-order valence-electron chi connectivity index (χ2n) is 10.0. The predicted molar refractivity (Wildman–Crippen MR) is 129 cm³/mol. The summed E-state index contributed by atoms with van der Waals surface area (Å²) in [6.07, 6.45) is 5.33.